The standard InChI is InChI=1S/C15H25N3/c1-4-15(2,11-16)12-18-10-9-17(3)13-7-5-6-8-14(13)18/h5-8H,4,9-12,16H2,1-3H3. The Morgan fingerprint density at radius 3 is 2.50 bits per heavy atom. The molecule has 0 bridgehead atoms. The van der Waals surface area contributed by atoms with E-state index in [-0.39, 0.29) is 5.41 Å². The number of hydrogen-bond donors (Lipinski definition) is 1. The molecule has 1 aliphatic heterocycles. The maximum Gasteiger partial charge on any atom is 0.0604 e. The molecule has 0 spiro atoms. The Hall–Kier alpha value is -1.22. The Kier molecular flexibility index (Phi) is 3.81. The van der Waals surface area contributed by atoms with E-state index in [9.17, 15) is 0 Å². The highest BCUT2D eigenvalue weighted by Crippen LogP contribution is 2.34. The number of fused-ring (bicyclic) bond motifs is 1. The summed E-state index contributed by atoms with van der Waals surface area (Å²) in [5, 5.41) is 0. The summed E-state index contributed by atoms with van der Waals surface area (Å²) in [6.07, 6.45) is 1.12. The van der Waals surface area contributed by atoms with Crippen molar-refractivity contribution in [1.82, 2.24) is 0 Å². The first-order valence-electron chi connectivity index (χ1n) is 6.85. The second-order valence-electron chi connectivity index (χ2n) is 5.70. The van der Waals surface area contributed by atoms with Crippen LogP contribution in [0.1, 0.15) is 20.3 Å². The number of anilines is 2. The average molecular weight is 247 g/mol. The normalized spacial score (nSPS) is 18.4. The van der Waals surface area contributed by atoms with Crippen LogP contribution in [0.4, 0.5) is 11.4 Å². The second kappa shape index (κ2) is 5.19. The number of likely N-dealkylation sites (N-methyl/N-ethyl adjacent to an activating group) is 1. The topological polar surface area (TPSA) is 32.5 Å². The fourth-order valence-corrected chi connectivity index (χ4v) is 2.51. The zero-order chi connectivity index (χ0) is 13.2. The first kappa shape index (κ1) is 13.2. The Bertz CT molecular complexity index is 398. The third-order valence-electron chi connectivity index (χ3n) is 4.26. The predicted octanol–water partition coefficient (Wildman–Crippen LogP) is 2.32. The zero-order valence-electron chi connectivity index (χ0n) is 11.8. The molecule has 1 atom stereocenters. The molecule has 0 aliphatic carbocycles. The van der Waals surface area contributed by atoms with Gasteiger partial charge in [-0.15, -0.1) is 0 Å². The van der Waals surface area contributed by atoms with Gasteiger partial charge in [-0.05, 0) is 30.5 Å². The van der Waals surface area contributed by atoms with Crippen molar-refractivity contribution in [1.29, 1.82) is 0 Å². The molecule has 1 heterocycles. The van der Waals surface area contributed by atoms with Crippen LogP contribution in [0.3, 0.4) is 0 Å². The number of para-hydroxylation sites is 2. The Morgan fingerprint density at radius 2 is 1.89 bits per heavy atom. The van der Waals surface area contributed by atoms with Crippen LogP contribution in [0.2, 0.25) is 0 Å². The number of rotatable bonds is 4. The van der Waals surface area contributed by atoms with Crippen LogP contribution < -0.4 is 15.5 Å². The van der Waals surface area contributed by atoms with Crippen molar-refractivity contribution in [2.24, 2.45) is 11.1 Å². The minimum Gasteiger partial charge on any atom is -0.371 e. The van der Waals surface area contributed by atoms with Gasteiger partial charge in [-0.25, -0.2) is 0 Å². The first-order valence-corrected chi connectivity index (χ1v) is 6.85. The van der Waals surface area contributed by atoms with E-state index in [1.807, 2.05) is 0 Å². The van der Waals surface area contributed by atoms with Crippen LogP contribution in [0.5, 0.6) is 0 Å². The van der Waals surface area contributed by atoms with Gasteiger partial charge in [0, 0.05) is 26.7 Å². The van der Waals surface area contributed by atoms with Gasteiger partial charge in [0.2, 0.25) is 0 Å². The summed E-state index contributed by atoms with van der Waals surface area (Å²) in [5.41, 5.74) is 8.84. The quantitative estimate of drug-likeness (QED) is 0.886. The van der Waals surface area contributed by atoms with Crippen molar-refractivity contribution < 1.29 is 0 Å². The van der Waals surface area contributed by atoms with E-state index in [1.54, 1.807) is 0 Å². The number of nitrogens with two attached hydrogens (primary N) is 1. The van der Waals surface area contributed by atoms with Crippen molar-refractivity contribution in [3.63, 3.8) is 0 Å². The molecule has 0 amide bonds. The largest absolute Gasteiger partial charge is 0.371 e. The van der Waals surface area contributed by atoms with Crippen LogP contribution in [-0.2, 0) is 0 Å². The number of hydrogen-bond acceptors (Lipinski definition) is 3. The Balaban J connectivity index is 2.24. The van der Waals surface area contributed by atoms with E-state index in [1.165, 1.54) is 11.4 Å². The van der Waals surface area contributed by atoms with Crippen molar-refractivity contribution in [3.05, 3.63) is 24.3 Å². The van der Waals surface area contributed by atoms with Crippen molar-refractivity contribution >= 4 is 11.4 Å². The summed E-state index contributed by atoms with van der Waals surface area (Å²) in [6, 6.07) is 8.66. The molecule has 0 radical (unpaired) electrons. The zero-order valence-corrected chi connectivity index (χ0v) is 11.8. The van der Waals surface area contributed by atoms with Gasteiger partial charge in [0.15, 0.2) is 0 Å². The first-order chi connectivity index (χ1) is 8.59. The lowest BCUT2D eigenvalue weighted by Crippen LogP contribution is -2.46. The van der Waals surface area contributed by atoms with Gasteiger partial charge < -0.3 is 15.5 Å². The average Bonchev–Trinajstić information content (AvgIpc) is 2.42. The van der Waals surface area contributed by atoms with Gasteiger partial charge >= 0.3 is 0 Å². The fourth-order valence-electron chi connectivity index (χ4n) is 2.51. The summed E-state index contributed by atoms with van der Waals surface area (Å²) in [7, 11) is 2.16. The molecule has 1 unspecified atom stereocenters. The van der Waals surface area contributed by atoms with Crippen LogP contribution in [0.25, 0.3) is 0 Å². The summed E-state index contributed by atoms with van der Waals surface area (Å²) in [4.78, 5) is 4.82. The van der Waals surface area contributed by atoms with Gasteiger partial charge in [-0.2, -0.15) is 0 Å². The van der Waals surface area contributed by atoms with E-state index >= 15 is 0 Å². The number of benzene rings is 1. The molecule has 3 nitrogen and oxygen atoms in total. The lowest BCUT2D eigenvalue weighted by atomic mass is 9.86. The lowest BCUT2D eigenvalue weighted by Gasteiger charge is -2.41. The molecule has 1 aromatic rings. The van der Waals surface area contributed by atoms with Gasteiger partial charge in [-0.3, -0.25) is 0 Å². The third-order valence-corrected chi connectivity index (χ3v) is 4.26. The monoisotopic (exact) mass is 247 g/mol. The molecular formula is C15H25N3. The van der Waals surface area contributed by atoms with Crippen LogP contribution in [-0.4, -0.2) is 33.2 Å². The van der Waals surface area contributed by atoms with Crippen molar-refractivity contribution in [2.75, 3.05) is 43.0 Å². The van der Waals surface area contributed by atoms with E-state index in [0.717, 1.165) is 32.6 Å². The van der Waals surface area contributed by atoms with Crippen LogP contribution in [0, 0.1) is 5.41 Å². The molecule has 18 heavy (non-hydrogen) atoms. The minimum atomic E-state index is 0.211. The molecule has 2 N–H and O–H groups in total. The molecule has 100 valence electrons. The van der Waals surface area contributed by atoms with Crippen molar-refractivity contribution in [2.45, 2.75) is 20.3 Å². The maximum absolute atomic E-state index is 5.94. The maximum atomic E-state index is 5.94. The summed E-state index contributed by atoms with van der Waals surface area (Å²) >= 11 is 0. The molecule has 1 aliphatic rings. The molecule has 0 saturated heterocycles. The minimum absolute atomic E-state index is 0.211. The summed E-state index contributed by atoms with van der Waals surface area (Å²) < 4.78 is 0. The highest BCUT2D eigenvalue weighted by atomic mass is 15.3. The van der Waals surface area contributed by atoms with Gasteiger partial charge in [0.25, 0.3) is 0 Å². The van der Waals surface area contributed by atoms with E-state index < -0.39 is 0 Å². The SMILES string of the molecule is CCC(C)(CN)CN1CCN(C)c2ccccc21. The van der Waals surface area contributed by atoms with E-state index in [0.29, 0.717) is 0 Å². The van der Waals surface area contributed by atoms with Crippen LogP contribution in [0.15, 0.2) is 24.3 Å². The second-order valence-corrected chi connectivity index (χ2v) is 5.70. The fraction of sp³-hybridized carbons (Fsp3) is 0.600. The highest BCUT2D eigenvalue weighted by Gasteiger charge is 2.27. The van der Waals surface area contributed by atoms with Gasteiger partial charge in [0.05, 0.1) is 11.4 Å². The summed E-state index contributed by atoms with van der Waals surface area (Å²) in [5.74, 6) is 0. The lowest BCUT2D eigenvalue weighted by molar-refractivity contribution is 0.324. The number of nitrogens with zero attached hydrogens (tertiary/aromatic N) is 2. The molecule has 1 aromatic carbocycles. The van der Waals surface area contributed by atoms with Gasteiger partial charge in [-0.1, -0.05) is 26.0 Å². The summed E-state index contributed by atoms with van der Waals surface area (Å²) in [6.45, 7) is 8.48. The third kappa shape index (κ3) is 2.46. The van der Waals surface area contributed by atoms with Crippen molar-refractivity contribution in [3.8, 4) is 0 Å². The van der Waals surface area contributed by atoms with Crippen LogP contribution >= 0.6 is 0 Å². The van der Waals surface area contributed by atoms with E-state index in [2.05, 4.69) is 55.0 Å². The highest BCUT2D eigenvalue weighted by molar-refractivity contribution is 5.73. The smallest absolute Gasteiger partial charge is 0.0604 e. The molecule has 3 heteroatoms. The Morgan fingerprint density at radius 1 is 1.22 bits per heavy atom. The molecule has 0 aromatic heterocycles. The molecule has 0 saturated carbocycles. The van der Waals surface area contributed by atoms with Gasteiger partial charge in [0.1, 0.15) is 0 Å². The molecule has 2 rings (SSSR count). The predicted molar refractivity (Wildman–Crippen MR) is 79.4 cm³/mol. The van der Waals surface area contributed by atoms with E-state index in [4.69, 9.17) is 5.73 Å². The molecule has 0 fully saturated rings. The molecular weight excluding hydrogens is 222 g/mol. The Labute approximate surface area is 111 Å².